The van der Waals surface area contributed by atoms with Gasteiger partial charge in [-0.05, 0) is 62.8 Å². The predicted octanol–water partition coefficient (Wildman–Crippen LogP) is 4.57. The van der Waals surface area contributed by atoms with Gasteiger partial charge in [-0.2, -0.15) is 0 Å². The normalized spacial score (nSPS) is 15.4. The Bertz CT molecular complexity index is 1350. The van der Waals surface area contributed by atoms with Gasteiger partial charge in [-0.15, -0.1) is 0 Å². The van der Waals surface area contributed by atoms with Gasteiger partial charge in [-0.3, -0.25) is 14.4 Å². The number of ketones is 1. The molecule has 1 aliphatic heterocycles. The van der Waals surface area contributed by atoms with Gasteiger partial charge in [0.2, 0.25) is 0 Å². The number of carbonyl (C=O) groups is 3. The van der Waals surface area contributed by atoms with Gasteiger partial charge in [0.05, 0.1) is 11.1 Å². The Morgan fingerprint density at radius 2 is 1.63 bits per heavy atom. The Balaban J connectivity index is 1.43. The summed E-state index contributed by atoms with van der Waals surface area (Å²) in [7, 11) is 0. The number of anilines is 1. The van der Waals surface area contributed by atoms with E-state index in [4.69, 9.17) is 0 Å². The first-order valence-corrected chi connectivity index (χ1v) is 11.6. The highest BCUT2D eigenvalue weighted by molar-refractivity contribution is 6.44. The molecular weight excluding hydrogens is 452 g/mol. The van der Waals surface area contributed by atoms with Gasteiger partial charge in [0, 0.05) is 23.5 Å². The molecule has 0 bridgehead atoms. The van der Waals surface area contributed by atoms with Gasteiger partial charge >= 0.3 is 0 Å². The number of fused-ring (bicyclic) bond motifs is 1. The molecule has 2 N–H and O–H groups in total. The molecule has 2 aromatic carbocycles. The summed E-state index contributed by atoms with van der Waals surface area (Å²) in [5.41, 5.74) is 1.74. The molecule has 1 aliphatic carbocycles. The number of hydrogen-bond acceptors (Lipinski definition) is 3. The van der Waals surface area contributed by atoms with Gasteiger partial charge in [-0.1, -0.05) is 30.3 Å². The van der Waals surface area contributed by atoms with E-state index in [-0.39, 0.29) is 22.5 Å². The van der Waals surface area contributed by atoms with E-state index in [1.54, 1.807) is 11.5 Å². The molecule has 0 atom stereocenters. The van der Waals surface area contributed by atoms with Crippen molar-refractivity contribution < 1.29 is 23.2 Å². The lowest BCUT2D eigenvalue weighted by Crippen LogP contribution is -2.39. The summed E-state index contributed by atoms with van der Waals surface area (Å²) in [5, 5.41) is 5.45. The van der Waals surface area contributed by atoms with Crippen molar-refractivity contribution in [3.8, 4) is 0 Å². The third-order valence-electron chi connectivity index (χ3n) is 7.03. The van der Waals surface area contributed by atoms with Gasteiger partial charge in [-0.25, -0.2) is 8.78 Å². The van der Waals surface area contributed by atoms with E-state index in [0.717, 1.165) is 37.0 Å². The molecule has 6 nitrogen and oxygen atoms in total. The summed E-state index contributed by atoms with van der Waals surface area (Å²) in [4.78, 5) is 39.5. The van der Waals surface area contributed by atoms with Crippen LogP contribution in [0.3, 0.4) is 0 Å². The van der Waals surface area contributed by atoms with Gasteiger partial charge in [0.1, 0.15) is 17.3 Å². The van der Waals surface area contributed by atoms with Crippen LogP contribution in [0.1, 0.15) is 62.5 Å². The van der Waals surface area contributed by atoms with Crippen LogP contribution in [0.2, 0.25) is 0 Å². The minimum absolute atomic E-state index is 0.0206. The second-order valence-electron chi connectivity index (χ2n) is 9.30. The first-order valence-electron chi connectivity index (χ1n) is 11.6. The molecule has 3 aromatic rings. The standard InChI is InChI=1S/C27H25F2N3O3/c1-15-19(28)13-18(14-20(15)29)30-25(34)23-16(2)22(21-9-6-12-32(21)23)24(33)26(35)31-27(10-11-27)17-7-4-3-5-8-17/h3-5,7-8,13-14H,6,9-12H2,1-2H3,(H,30,34)(H,31,35). The third kappa shape index (κ3) is 3.92. The summed E-state index contributed by atoms with van der Waals surface area (Å²) in [6.07, 6.45) is 2.78. The van der Waals surface area contributed by atoms with Crippen LogP contribution in [-0.4, -0.2) is 22.2 Å². The number of amides is 2. The monoisotopic (exact) mass is 477 g/mol. The Morgan fingerprint density at radius 3 is 2.26 bits per heavy atom. The molecule has 0 unspecified atom stereocenters. The lowest BCUT2D eigenvalue weighted by Gasteiger charge is -2.17. The average Bonchev–Trinajstić information content (AvgIpc) is 3.37. The topological polar surface area (TPSA) is 80.2 Å². The number of nitrogens with zero attached hydrogens (tertiary/aromatic N) is 1. The van der Waals surface area contributed by atoms with E-state index in [1.165, 1.54) is 6.92 Å². The van der Waals surface area contributed by atoms with Gasteiger partial charge in [0.25, 0.3) is 17.6 Å². The van der Waals surface area contributed by atoms with Crippen LogP contribution >= 0.6 is 0 Å². The van der Waals surface area contributed by atoms with Gasteiger partial charge in [0.15, 0.2) is 0 Å². The second-order valence-corrected chi connectivity index (χ2v) is 9.30. The lowest BCUT2D eigenvalue weighted by molar-refractivity contribution is -0.118. The molecule has 0 radical (unpaired) electrons. The van der Waals surface area contributed by atoms with E-state index >= 15 is 0 Å². The lowest BCUT2D eigenvalue weighted by atomic mass is 10.0. The van der Waals surface area contributed by atoms with Crippen LogP contribution in [0.5, 0.6) is 0 Å². The van der Waals surface area contributed by atoms with Crippen molar-refractivity contribution in [3.05, 3.63) is 87.7 Å². The van der Waals surface area contributed by atoms with Crippen molar-refractivity contribution in [3.63, 3.8) is 0 Å². The molecular formula is C27H25F2N3O3. The number of aromatic nitrogens is 1. The zero-order valence-electron chi connectivity index (χ0n) is 19.5. The van der Waals surface area contributed by atoms with Crippen LogP contribution in [-0.2, 0) is 23.3 Å². The fourth-order valence-corrected chi connectivity index (χ4v) is 4.98. The number of nitrogens with one attached hydrogen (secondary N) is 2. The Kier molecular flexibility index (Phi) is 5.54. The molecule has 1 aromatic heterocycles. The summed E-state index contributed by atoms with van der Waals surface area (Å²) >= 11 is 0. The zero-order valence-corrected chi connectivity index (χ0v) is 19.5. The maximum atomic E-state index is 14.0. The van der Waals surface area contributed by atoms with E-state index < -0.39 is 34.8 Å². The number of rotatable bonds is 6. The average molecular weight is 478 g/mol. The van der Waals surface area contributed by atoms with E-state index in [9.17, 15) is 23.2 Å². The number of halogens is 2. The van der Waals surface area contributed by atoms with E-state index in [0.29, 0.717) is 24.2 Å². The van der Waals surface area contributed by atoms with E-state index in [1.807, 2.05) is 30.3 Å². The van der Waals surface area contributed by atoms with Crippen LogP contribution in [0, 0.1) is 25.5 Å². The number of carbonyl (C=O) groups excluding carboxylic acids is 3. The van der Waals surface area contributed by atoms with Crippen molar-refractivity contribution in [1.29, 1.82) is 0 Å². The molecule has 35 heavy (non-hydrogen) atoms. The number of Topliss-reactive ketones (excluding diaryl/α,β-unsaturated/α-hetero) is 1. The smallest absolute Gasteiger partial charge is 0.293 e. The fraction of sp³-hybridized carbons (Fsp3) is 0.296. The minimum Gasteiger partial charge on any atom is -0.340 e. The highest BCUT2D eigenvalue weighted by Gasteiger charge is 2.47. The zero-order chi connectivity index (χ0) is 24.9. The number of benzene rings is 2. The van der Waals surface area contributed by atoms with Gasteiger partial charge < -0.3 is 15.2 Å². The van der Waals surface area contributed by atoms with Crippen molar-refractivity contribution in [1.82, 2.24) is 9.88 Å². The molecule has 2 amide bonds. The van der Waals surface area contributed by atoms with E-state index in [2.05, 4.69) is 10.6 Å². The molecule has 2 aliphatic rings. The predicted molar refractivity (Wildman–Crippen MR) is 126 cm³/mol. The van der Waals surface area contributed by atoms with Crippen LogP contribution in [0.25, 0.3) is 0 Å². The van der Waals surface area contributed by atoms with Crippen molar-refractivity contribution >= 4 is 23.3 Å². The highest BCUT2D eigenvalue weighted by Crippen LogP contribution is 2.45. The molecule has 0 saturated heterocycles. The maximum absolute atomic E-state index is 14.0. The highest BCUT2D eigenvalue weighted by atomic mass is 19.1. The molecule has 180 valence electrons. The molecule has 8 heteroatoms. The van der Waals surface area contributed by atoms with Crippen LogP contribution < -0.4 is 10.6 Å². The third-order valence-corrected chi connectivity index (χ3v) is 7.03. The molecule has 0 spiro atoms. The fourth-order valence-electron chi connectivity index (χ4n) is 4.98. The summed E-state index contributed by atoms with van der Waals surface area (Å²) < 4.78 is 29.7. The Hall–Kier alpha value is -3.81. The largest absolute Gasteiger partial charge is 0.340 e. The quantitative estimate of drug-likeness (QED) is 0.403. The maximum Gasteiger partial charge on any atom is 0.293 e. The molecule has 1 saturated carbocycles. The molecule has 2 heterocycles. The summed E-state index contributed by atoms with van der Waals surface area (Å²) in [6, 6.07) is 11.6. The Labute approximate surface area is 201 Å². The minimum atomic E-state index is -0.766. The summed E-state index contributed by atoms with van der Waals surface area (Å²) in [6.45, 7) is 3.45. The van der Waals surface area contributed by atoms with Crippen LogP contribution in [0.15, 0.2) is 42.5 Å². The first-order chi connectivity index (χ1) is 16.7. The van der Waals surface area contributed by atoms with Crippen molar-refractivity contribution in [2.24, 2.45) is 0 Å². The molecule has 5 rings (SSSR count). The summed E-state index contributed by atoms with van der Waals surface area (Å²) in [5.74, 6) is -3.50. The Morgan fingerprint density at radius 1 is 0.971 bits per heavy atom. The second kappa shape index (κ2) is 8.45. The van der Waals surface area contributed by atoms with Crippen LogP contribution in [0.4, 0.5) is 14.5 Å². The van der Waals surface area contributed by atoms with Crippen molar-refractivity contribution in [2.45, 2.75) is 51.6 Å². The SMILES string of the molecule is Cc1c(F)cc(NC(=O)c2c(C)c(C(=O)C(=O)NC3(c4ccccc4)CC3)c3n2CCC3)cc1F. The van der Waals surface area contributed by atoms with Crippen molar-refractivity contribution in [2.75, 3.05) is 5.32 Å². The number of hydrogen-bond donors (Lipinski definition) is 2. The molecule has 1 fully saturated rings. The first kappa shape index (κ1) is 23.0.